The van der Waals surface area contributed by atoms with Gasteiger partial charge in [-0.05, 0) is 75.2 Å². The van der Waals surface area contributed by atoms with Gasteiger partial charge in [-0.15, -0.1) is 10.2 Å². The number of hydrogen-bond donors (Lipinski definition) is 1. The average Bonchev–Trinajstić information content (AvgIpc) is 3.14. The Morgan fingerprint density at radius 1 is 1.17 bits per heavy atom. The van der Waals surface area contributed by atoms with Gasteiger partial charge in [-0.1, -0.05) is 33.8 Å². The molecule has 0 fully saturated rings. The van der Waals surface area contributed by atoms with Crippen molar-refractivity contribution in [2.45, 2.75) is 45.5 Å². The van der Waals surface area contributed by atoms with Crippen LogP contribution in [-0.4, -0.2) is 26.4 Å². The van der Waals surface area contributed by atoms with Gasteiger partial charge in [-0.3, -0.25) is 4.79 Å². The lowest BCUT2D eigenvalue weighted by Crippen LogP contribution is -2.15. The molecule has 0 aliphatic heterocycles. The zero-order valence-electron chi connectivity index (χ0n) is 17.5. The monoisotopic (exact) mass is 488 g/mol. The maximum absolute atomic E-state index is 12.4. The van der Waals surface area contributed by atoms with Crippen molar-refractivity contribution in [1.29, 1.82) is 0 Å². The Morgan fingerprint density at radius 3 is 2.57 bits per heavy atom. The quantitative estimate of drug-likeness (QED) is 0.421. The lowest BCUT2D eigenvalue weighted by molar-refractivity contribution is -0.113. The molecule has 0 saturated carbocycles. The molecule has 0 aliphatic carbocycles. The van der Waals surface area contributed by atoms with E-state index in [1.807, 2.05) is 74.7 Å². The van der Waals surface area contributed by atoms with Crippen molar-refractivity contribution < 1.29 is 9.53 Å². The number of carbonyl (C=O) groups excluding carboxylic acids is 1. The first kappa shape index (κ1) is 22.4. The van der Waals surface area contributed by atoms with E-state index in [1.54, 1.807) is 0 Å². The van der Waals surface area contributed by atoms with E-state index < -0.39 is 0 Å². The lowest BCUT2D eigenvalue weighted by Gasteiger charge is -2.15. The normalized spacial score (nSPS) is 11.9. The Morgan fingerprint density at radius 2 is 1.90 bits per heavy atom. The standard InChI is InChI=1S/C22H25BrN4O2S/c1-5-27-21(16(4)29-19-10-7-17(23)8-11-19)25-26-22(27)30-13-20(28)24-18-9-6-14(2)15(3)12-18/h6-12,16H,5,13H2,1-4H3,(H,24,28). The van der Waals surface area contributed by atoms with Gasteiger partial charge in [0, 0.05) is 16.7 Å². The van der Waals surface area contributed by atoms with E-state index in [4.69, 9.17) is 4.74 Å². The molecule has 1 N–H and O–H groups in total. The molecule has 1 aromatic heterocycles. The van der Waals surface area contributed by atoms with Gasteiger partial charge in [-0.2, -0.15) is 0 Å². The predicted octanol–water partition coefficient (Wildman–Crippen LogP) is 5.55. The van der Waals surface area contributed by atoms with Gasteiger partial charge in [0.15, 0.2) is 17.1 Å². The maximum Gasteiger partial charge on any atom is 0.234 e. The van der Waals surface area contributed by atoms with Gasteiger partial charge in [0.05, 0.1) is 5.75 Å². The van der Waals surface area contributed by atoms with Gasteiger partial charge in [0.25, 0.3) is 0 Å². The number of halogens is 1. The van der Waals surface area contributed by atoms with Crippen LogP contribution in [0.3, 0.4) is 0 Å². The summed E-state index contributed by atoms with van der Waals surface area (Å²) in [7, 11) is 0. The van der Waals surface area contributed by atoms with E-state index in [1.165, 1.54) is 17.3 Å². The number of aromatic nitrogens is 3. The van der Waals surface area contributed by atoms with Crippen LogP contribution < -0.4 is 10.1 Å². The predicted molar refractivity (Wildman–Crippen MR) is 124 cm³/mol. The van der Waals surface area contributed by atoms with Gasteiger partial charge in [0.2, 0.25) is 5.91 Å². The molecular weight excluding hydrogens is 464 g/mol. The Hall–Kier alpha value is -2.32. The maximum atomic E-state index is 12.4. The number of aryl methyl sites for hydroxylation is 2. The van der Waals surface area contributed by atoms with Crippen LogP contribution in [0.15, 0.2) is 52.1 Å². The Kier molecular flexibility index (Phi) is 7.55. The first-order valence-electron chi connectivity index (χ1n) is 9.72. The summed E-state index contributed by atoms with van der Waals surface area (Å²) in [6.45, 7) is 8.74. The highest BCUT2D eigenvalue weighted by Crippen LogP contribution is 2.26. The van der Waals surface area contributed by atoms with Crippen molar-refractivity contribution in [3.8, 4) is 5.75 Å². The minimum absolute atomic E-state index is 0.0744. The van der Waals surface area contributed by atoms with Crippen LogP contribution >= 0.6 is 27.7 Å². The van der Waals surface area contributed by atoms with Crippen molar-refractivity contribution in [3.63, 3.8) is 0 Å². The van der Waals surface area contributed by atoms with Crippen molar-refractivity contribution in [2.75, 3.05) is 11.1 Å². The number of rotatable bonds is 8. The smallest absolute Gasteiger partial charge is 0.234 e. The van der Waals surface area contributed by atoms with Crippen LogP contribution in [0.4, 0.5) is 5.69 Å². The number of carbonyl (C=O) groups is 1. The van der Waals surface area contributed by atoms with Crippen molar-refractivity contribution in [3.05, 3.63) is 63.9 Å². The van der Waals surface area contributed by atoms with Crippen molar-refractivity contribution >= 4 is 39.3 Å². The molecule has 30 heavy (non-hydrogen) atoms. The first-order chi connectivity index (χ1) is 14.4. The van der Waals surface area contributed by atoms with Gasteiger partial charge >= 0.3 is 0 Å². The zero-order valence-corrected chi connectivity index (χ0v) is 19.9. The van der Waals surface area contributed by atoms with Gasteiger partial charge in [-0.25, -0.2) is 0 Å². The third kappa shape index (κ3) is 5.64. The molecule has 0 bridgehead atoms. The second kappa shape index (κ2) is 10.1. The van der Waals surface area contributed by atoms with Crippen LogP contribution in [0.5, 0.6) is 5.75 Å². The molecule has 3 aromatic rings. The second-order valence-electron chi connectivity index (χ2n) is 6.93. The number of thioether (sulfide) groups is 1. The number of nitrogens with zero attached hydrogens (tertiary/aromatic N) is 3. The molecule has 1 atom stereocenters. The molecule has 3 rings (SSSR count). The molecule has 158 valence electrons. The molecular formula is C22H25BrN4O2S. The molecule has 6 nitrogen and oxygen atoms in total. The fraction of sp³-hybridized carbons (Fsp3) is 0.318. The Balaban J connectivity index is 1.62. The van der Waals surface area contributed by atoms with Gasteiger partial charge < -0.3 is 14.6 Å². The number of anilines is 1. The highest BCUT2D eigenvalue weighted by molar-refractivity contribution is 9.10. The van der Waals surface area contributed by atoms with Gasteiger partial charge in [0.1, 0.15) is 5.75 Å². The molecule has 1 heterocycles. The highest BCUT2D eigenvalue weighted by atomic mass is 79.9. The van der Waals surface area contributed by atoms with Crippen LogP contribution in [0.1, 0.15) is 36.9 Å². The molecule has 0 saturated heterocycles. The topological polar surface area (TPSA) is 69.0 Å². The summed E-state index contributed by atoms with van der Waals surface area (Å²) in [5.41, 5.74) is 3.15. The van der Waals surface area contributed by atoms with Crippen LogP contribution in [0, 0.1) is 13.8 Å². The van der Waals surface area contributed by atoms with E-state index in [9.17, 15) is 4.79 Å². The lowest BCUT2D eigenvalue weighted by atomic mass is 10.1. The first-order valence-corrected chi connectivity index (χ1v) is 11.5. The highest BCUT2D eigenvalue weighted by Gasteiger charge is 2.19. The fourth-order valence-electron chi connectivity index (χ4n) is 2.92. The molecule has 2 aromatic carbocycles. The summed E-state index contributed by atoms with van der Waals surface area (Å²) >= 11 is 4.79. The molecule has 0 spiro atoms. The summed E-state index contributed by atoms with van der Waals surface area (Å²) in [5, 5.41) is 12.2. The third-order valence-electron chi connectivity index (χ3n) is 4.67. The zero-order chi connectivity index (χ0) is 21.7. The largest absolute Gasteiger partial charge is 0.483 e. The SMILES string of the molecule is CCn1c(SCC(=O)Nc2ccc(C)c(C)c2)nnc1C(C)Oc1ccc(Br)cc1. The van der Waals surface area contributed by atoms with Crippen LogP contribution in [-0.2, 0) is 11.3 Å². The Bertz CT molecular complexity index is 1020. The molecule has 1 unspecified atom stereocenters. The third-order valence-corrected chi connectivity index (χ3v) is 6.17. The molecule has 1 amide bonds. The second-order valence-corrected chi connectivity index (χ2v) is 8.79. The Labute approximate surface area is 189 Å². The number of amides is 1. The minimum Gasteiger partial charge on any atom is -0.483 e. The fourth-order valence-corrected chi connectivity index (χ4v) is 3.99. The summed E-state index contributed by atoms with van der Waals surface area (Å²) in [5.74, 6) is 1.68. The summed E-state index contributed by atoms with van der Waals surface area (Å²) in [4.78, 5) is 12.4. The van der Waals surface area contributed by atoms with Crippen molar-refractivity contribution in [1.82, 2.24) is 14.8 Å². The van der Waals surface area contributed by atoms with E-state index >= 15 is 0 Å². The number of nitrogens with one attached hydrogen (secondary N) is 1. The molecule has 0 aliphatic rings. The van der Waals surface area contributed by atoms with Crippen LogP contribution in [0.25, 0.3) is 0 Å². The number of hydrogen-bond acceptors (Lipinski definition) is 5. The number of ether oxygens (including phenoxy) is 1. The van der Waals surface area contributed by atoms with Crippen LogP contribution in [0.2, 0.25) is 0 Å². The molecule has 0 radical (unpaired) electrons. The summed E-state index contributed by atoms with van der Waals surface area (Å²) in [6, 6.07) is 13.6. The van der Waals surface area contributed by atoms with Crippen molar-refractivity contribution in [2.24, 2.45) is 0 Å². The van der Waals surface area contributed by atoms with E-state index in [0.717, 1.165) is 27.3 Å². The summed E-state index contributed by atoms with van der Waals surface area (Å²) < 4.78 is 8.98. The number of benzene rings is 2. The summed E-state index contributed by atoms with van der Waals surface area (Å²) in [6.07, 6.45) is -0.266. The van der Waals surface area contributed by atoms with E-state index in [-0.39, 0.29) is 17.8 Å². The van der Waals surface area contributed by atoms with E-state index in [2.05, 4.69) is 31.4 Å². The van der Waals surface area contributed by atoms with E-state index in [0.29, 0.717) is 11.7 Å². The molecule has 8 heteroatoms. The minimum atomic E-state index is -0.266. The average molecular weight is 489 g/mol.